The van der Waals surface area contributed by atoms with Gasteiger partial charge >= 0.3 is 0 Å². The van der Waals surface area contributed by atoms with E-state index < -0.39 is 11.8 Å². The molecule has 2 rings (SSSR count). The van der Waals surface area contributed by atoms with Crippen LogP contribution in [0.1, 0.15) is 13.3 Å². The van der Waals surface area contributed by atoms with Crippen molar-refractivity contribution in [3.8, 4) is 6.07 Å². The highest BCUT2D eigenvalue weighted by atomic mass is 16.2. The van der Waals surface area contributed by atoms with Gasteiger partial charge in [0.05, 0.1) is 17.5 Å². The van der Waals surface area contributed by atoms with Crippen LogP contribution in [-0.2, 0) is 9.59 Å². The van der Waals surface area contributed by atoms with Crippen molar-refractivity contribution in [1.82, 2.24) is 5.43 Å². The van der Waals surface area contributed by atoms with E-state index in [0.29, 0.717) is 11.4 Å². The summed E-state index contributed by atoms with van der Waals surface area (Å²) in [5, 5.41) is 17.6. The van der Waals surface area contributed by atoms with Crippen LogP contribution >= 0.6 is 0 Å². The number of anilines is 1. The second-order valence-electron chi connectivity index (χ2n) is 4.35. The SMILES string of the molecule is CC1=NN(c2ccccc2)C(=O)C1/C=N\NC(=O)CC#N. The molecule has 0 fully saturated rings. The maximum atomic E-state index is 12.3. The van der Waals surface area contributed by atoms with Gasteiger partial charge in [-0.05, 0) is 19.1 Å². The summed E-state index contributed by atoms with van der Waals surface area (Å²) in [6, 6.07) is 10.8. The zero-order chi connectivity index (χ0) is 15.2. The fourth-order valence-electron chi connectivity index (χ4n) is 1.80. The molecule has 1 aromatic rings. The number of nitriles is 1. The number of para-hydroxylation sites is 1. The molecular formula is C14H13N5O2. The number of benzene rings is 1. The topological polar surface area (TPSA) is 97.9 Å². The number of nitrogens with zero attached hydrogens (tertiary/aromatic N) is 4. The quantitative estimate of drug-likeness (QED) is 0.660. The van der Waals surface area contributed by atoms with Gasteiger partial charge in [-0.1, -0.05) is 18.2 Å². The van der Waals surface area contributed by atoms with Crippen molar-refractivity contribution in [3.63, 3.8) is 0 Å². The molecule has 1 atom stereocenters. The number of rotatable bonds is 4. The van der Waals surface area contributed by atoms with Gasteiger partial charge in [0.1, 0.15) is 12.3 Å². The monoisotopic (exact) mass is 283 g/mol. The second kappa shape index (κ2) is 6.43. The summed E-state index contributed by atoms with van der Waals surface area (Å²) >= 11 is 0. The number of amides is 2. The Labute approximate surface area is 121 Å². The Bertz CT molecular complexity index is 645. The minimum Gasteiger partial charge on any atom is -0.272 e. The first kappa shape index (κ1) is 14.4. The molecule has 1 N–H and O–H groups in total. The Kier molecular flexibility index (Phi) is 4.41. The summed E-state index contributed by atoms with van der Waals surface area (Å²) in [6.45, 7) is 1.72. The highest BCUT2D eigenvalue weighted by Gasteiger charge is 2.33. The predicted octanol–water partition coefficient (Wildman–Crippen LogP) is 1.04. The van der Waals surface area contributed by atoms with Crippen molar-refractivity contribution >= 4 is 29.4 Å². The van der Waals surface area contributed by atoms with E-state index in [4.69, 9.17) is 5.26 Å². The van der Waals surface area contributed by atoms with E-state index in [9.17, 15) is 9.59 Å². The van der Waals surface area contributed by atoms with Crippen LogP contribution in [0.4, 0.5) is 5.69 Å². The minimum atomic E-state index is -0.618. The molecule has 7 heteroatoms. The molecule has 7 nitrogen and oxygen atoms in total. The molecule has 0 bridgehead atoms. The zero-order valence-corrected chi connectivity index (χ0v) is 11.4. The standard InChI is InChI=1S/C14H13N5O2/c1-10-12(9-16-17-13(20)7-8-15)14(21)19(18-10)11-5-3-2-4-6-11/h2-6,9,12H,7H2,1H3,(H,17,20)/b16-9-. The van der Waals surface area contributed by atoms with E-state index in [1.807, 2.05) is 18.2 Å². The Morgan fingerprint density at radius 2 is 2.24 bits per heavy atom. The molecular weight excluding hydrogens is 270 g/mol. The average Bonchev–Trinajstić information content (AvgIpc) is 2.76. The van der Waals surface area contributed by atoms with Crippen molar-refractivity contribution < 1.29 is 9.59 Å². The van der Waals surface area contributed by atoms with Gasteiger partial charge in [-0.2, -0.15) is 20.5 Å². The van der Waals surface area contributed by atoms with Gasteiger partial charge in [0, 0.05) is 6.21 Å². The van der Waals surface area contributed by atoms with Gasteiger partial charge in [-0.3, -0.25) is 9.59 Å². The van der Waals surface area contributed by atoms with E-state index in [-0.39, 0.29) is 12.3 Å². The van der Waals surface area contributed by atoms with E-state index >= 15 is 0 Å². The molecule has 1 aliphatic rings. The molecule has 0 aromatic heterocycles. The minimum absolute atomic E-state index is 0.239. The lowest BCUT2D eigenvalue weighted by atomic mass is 10.1. The maximum absolute atomic E-state index is 12.3. The Hall–Kier alpha value is -3.01. The maximum Gasteiger partial charge on any atom is 0.261 e. The van der Waals surface area contributed by atoms with Crippen molar-refractivity contribution in [2.75, 3.05) is 5.01 Å². The first-order chi connectivity index (χ1) is 10.1. The first-order valence-corrected chi connectivity index (χ1v) is 6.26. The lowest BCUT2D eigenvalue weighted by Gasteiger charge is -2.12. The second-order valence-corrected chi connectivity index (χ2v) is 4.35. The third kappa shape index (κ3) is 3.30. The molecule has 1 aliphatic heterocycles. The van der Waals surface area contributed by atoms with Crippen LogP contribution in [0, 0.1) is 17.2 Å². The fourth-order valence-corrected chi connectivity index (χ4v) is 1.80. The van der Waals surface area contributed by atoms with Gasteiger partial charge < -0.3 is 0 Å². The average molecular weight is 283 g/mol. The van der Waals surface area contributed by atoms with Crippen LogP contribution < -0.4 is 10.4 Å². The number of hydrogen-bond acceptors (Lipinski definition) is 5. The fraction of sp³-hybridized carbons (Fsp3) is 0.214. The molecule has 2 amide bonds. The van der Waals surface area contributed by atoms with Crippen molar-refractivity contribution in [2.24, 2.45) is 16.1 Å². The number of carbonyl (C=O) groups is 2. The number of hydrazone groups is 2. The zero-order valence-electron chi connectivity index (χ0n) is 11.4. The third-order valence-electron chi connectivity index (χ3n) is 2.84. The highest BCUT2D eigenvalue weighted by molar-refractivity contribution is 6.23. The lowest BCUT2D eigenvalue weighted by Crippen LogP contribution is -2.29. The normalized spacial score (nSPS) is 17.7. The van der Waals surface area contributed by atoms with Crippen LogP contribution in [0.3, 0.4) is 0 Å². The molecule has 1 aromatic carbocycles. The van der Waals surface area contributed by atoms with Gasteiger partial charge in [0.25, 0.3) is 11.8 Å². The van der Waals surface area contributed by atoms with Crippen molar-refractivity contribution in [1.29, 1.82) is 5.26 Å². The number of carbonyl (C=O) groups excluding carboxylic acids is 2. The predicted molar refractivity (Wildman–Crippen MR) is 77.4 cm³/mol. The summed E-state index contributed by atoms with van der Waals surface area (Å²) in [5.41, 5.74) is 3.45. The van der Waals surface area contributed by atoms with Gasteiger partial charge in [0.2, 0.25) is 0 Å². The van der Waals surface area contributed by atoms with E-state index in [0.717, 1.165) is 0 Å². The molecule has 1 heterocycles. The van der Waals surface area contributed by atoms with Crippen LogP contribution in [0.2, 0.25) is 0 Å². The lowest BCUT2D eigenvalue weighted by molar-refractivity contribution is -0.120. The molecule has 21 heavy (non-hydrogen) atoms. The highest BCUT2D eigenvalue weighted by Crippen LogP contribution is 2.22. The Morgan fingerprint density at radius 1 is 1.52 bits per heavy atom. The molecule has 0 aliphatic carbocycles. The first-order valence-electron chi connectivity index (χ1n) is 6.26. The van der Waals surface area contributed by atoms with Crippen molar-refractivity contribution in [3.05, 3.63) is 30.3 Å². The smallest absolute Gasteiger partial charge is 0.261 e. The molecule has 0 saturated carbocycles. The summed E-state index contributed by atoms with van der Waals surface area (Å²) in [7, 11) is 0. The van der Waals surface area contributed by atoms with Crippen LogP contribution in [0.15, 0.2) is 40.5 Å². The van der Waals surface area contributed by atoms with Crippen LogP contribution in [0.5, 0.6) is 0 Å². The van der Waals surface area contributed by atoms with Crippen LogP contribution in [0.25, 0.3) is 0 Å². The molecule has 0 radical (unpaired) electrons. The summed E-state index contributed by atoms with van der Waals surface area (Å²) in [4.78, 5) is 23.4. The Balaban J connectivity index is 2.06. The molecule has 0 spiro atoms. The van der Waals surface area contributed by atoms with Crippen LogP contribution in [-0.4, -0.2) is 23.7 Å². The molecule has 106 valence electrons. The van der Waals surface area contributed by atoms with Gasteiger partial charge in [-0.15, -0.1) is 0 Å². The summed E-state index contributed by atoms with van der Waals surface area (Å²) in [5.74, 6) is -1.38. The van der Waals surface area contributed by atoms with Gasteiger partial charge in [-0.25, -0.2) is 5.43 Å². The number of nitrogens with one attached hydrogen (secondary N) is 1. The molecule has 0 saturated heterocycles. The molecule has 1 unspecified atom stereocenters. The Morgan fingerprint density at radius 3 is 2.90 bits per heavy atom. The third-order valence-corrected chi connectivity index (χ3v) is 2.84. The van der Waals surface area contributed by atoms with Crippen molar-refractivity contribution in [2.45, 2.75) is 13.3 Å². The summed E-state index contributed by atoms with van der Waals surface area (Å²) < 4.78 is 0. The number of hydrogen-bond donors (Lipinski definition) is 1. The van der Waals surface area contributed by atoms with E-state index in [2.05, 4.69) is 15.6 Å². The van der Waals surface area contributed by atoms with E-state index in [1.54, 1.807) is 25.1 Å². The van der Waals surface area contributed by atoms with Gasteiger partial charge in [0.15, 0.2) is 0 Å². The summed E-state index contributed by atoms with van der Waals surface area (Å²) in [6.07, 6.45) is 1.04. The van der Waals surface area contributed by atoms with E-state index in [1.165, 1.54) is 11.2 Å². The largest absolute Gasteiger partial charge is 0.272 e.